The third kappa shape index (κ3) is 4.62. The molecule has 6 heteroatoms. The van der Waals surface area contributed by atoms with E-state index in [0.717, 1.165) is 12.8 Å². The SMILES string of the molecule is CCCC(CCO)CNC(=O)c1ncccc1C(=O)O. The van der Waals surface area contributed by atoms with Gasteiger partial charge in [0, 0.05) is 19.3 Å². The van der Waals surface area contributed by atoms with Gasteiger partial charge in [-0.1, -0.05) is 13.3 Å². The highest BCUT2D eigenvalue weighted by Crippen LogP contribution is 2.10. The highest BCUT2D eigenvalue weighted by molar-refractivity contribution is 6.03. The molecule has 0 radical (unpaired) electrons. The summed E-state index contributed by atoms with van der Waals surface area (Å²) >= 11 is 0. The van der Waals surface area contributed by atoms with Crippen molar-refractivity contribution < 1.29 is 19.8 Å². The van der Waals surface area contributed by atoms with E-state index in [9.17, 15) is 9.59 Å². The van der Waals surface area contributed by atoms with Crippen molar-refractivity contribution in [2.24, 2.45) is 5.92 Å². The Morgan fingerprint density at radius 1 is 1.40 bits per heavy atom. The number of amides is 1. The van der Waals surface area contributed by atoms with Crippen LogP contribution in [0.15, 0.2) is 18.3 Å². The first kappa shape index (κ1) is 16.1. The van der Waals surface area contributed by atoms with E-state index in [4.69, 9.17) is 10.2 Å². The van der Waals surface area contributed by atoms with Crippen molar-refractivity contribution in [2.75, 3.05) is 13.2 Å². The van der Waals surface area contributed by atoms with Crippen molar-refractivity contribution >= 4 is 11.9 Å². The first-order chi connectivity index (χ1) is 9.60. The molecule has 110 valence electrons. The molecule has 0 aliphatic heterocycles. The van der Waals surface area contributed by atoms with E-state index in [2.05, 4.69) is 10.3 Å². The van der Waals surface area contributed by atoms with Crippen LogP contribution in [0.3, 0.4) is 0 Å². The van der Waals surface area contributed by atoms with Crippen LogP contribution < -0.4 is 5.32 Å². The highest BCUT2D eigenvalue weighted by atomic mass is 16.4. The van der Waals surface area contributed by atoms with Crippen molar-refractivity contribution in [3.63, 3.8) is 0 Å². The predicted octanol–water partition coefficient (Wildman–Crippen LogP) is 1.31. The second-order valence-electron chi connectivity index (χ2n) is 4.58. The molecule has 6 nitrogen and oxygen atoms in total. The van der Waals surface area contributed by atoms with Crippen LogP contribution in [-0.4, -0.2) is 40.2 Å². The average molecular weight is 280 g/mol. The van der Waals surface area contributed by atoms with Gasteiger partial charge in [0.2, 0.25) is 0 Å². The first-order valence-electron chi connectivity index (χ1n) is 6.67. The van der Waals surface area contributed by atoms with Crippen LogP contribution in [-0.2, 0) is 0 Å². The van der Waals surface area contributed by atoms with E-state index in [1.165, 1.54) is 18.3 Å². The van der Waals surface area contributed by atoms with E-state index in [0.29, 0.717) is 13.0 Å². The maximum atomic E-state index is 12.0. The van der Waals surface area contributed by atoms with Crippen molar-refractivity contribution in [3.8, 4) is 0 Å². The molecule has 3 N–H and O–H groups in total. The van der Waals surface area contributed by atoms with Gasteiger partial charge in [-0.3, -0.25) is 9.78 Å². The molecule has 1 heterocycles. The zero-order valence-electron chi connectivity index (χ0n) is 11.5. The Labute approximate surface area is 117 Å². The van der Waals surface area contributed by atoms with Crippen LogP contribution in [0.2, 0.25) is 0 Å². The van der Waals surface area contributed by atoms with Crippen molar-refractivity contribution in [3.05, 3.63) is 29.6 Å². The fourth-order valence-electron chi connectivity index (χ4n) is 2.02. The second-order valence-corrected chi connectivity index (χ2v) is 4.58. The standard InChI is InChI=1S/C14H20N2O4/c1-2-4-10(6-8-17)9-16-13(18)12-11(14(19)20)5-3-7-15-12/h3,5,7,10,17H,2,4,6,8-9H2,1H3,(H,16,18)(H,19,20). The van der Waals surface area contributed by atoms with Crippen LogP contribution in [0.4, 0.5) is 0 Å². The maximum absolute atomic E-state index is 12.0. The number of nitrogens with one attached hydrogen (secondary N) is 1. The monoisotopic (exact) mass is 280 g/mol. The zero-order valence-corrected chi connectivity index (χ0v) is 11.5. The minimum Gasteiger partial charge on any atom is -0.478 e. The van der Waals surface area contributed by atoms with Gasteiger partial charge >= 0.3 is 5.97 Å². The lowest BCUT2D eigenvalue weighted by Gasteiger charge is -2.15. The van der Waals surface area contributed by atoms with Gasteiger partial charge in [-0.15, -0.1) is 0 Å². The summed E-state index contributed by atoms with van der Waals surface area (Å²) in [5, 5.41) is 20.7. The number of carbonyl (C=O) groups excluding carboxylic acids is 1. The third-order valence-electron chi connectivity index (χ3n) is 3.04. The largest absolute Gasteiger partial charge is 0.478 e. The fraction of sp³-hybridized carbons (Fsp3) is 0.500. The van der Waals surface area contributed by atoms with Crippen LogP contribution in [0.25, 0.3) is 0 Å². The van der Waals surface area contributed by atoms with Crippen molar-refractivity contribution in [1.82, 2.24) is 10.3 Å². The Kier molecular flexibility index (Phi) is 6.66. The van der Waals surface area contributed by atoms with E-state index in [1.54, 1.807) is 0 Å². The molecule has 0 aliphatic rings. The number of aromatic nitrogens is 1. The number of carboxylic acids is 1. The lowest BCUT2D eigenvalue weighted by atomic mass is 10.00. The molecule has 1 aromatic heterocycles. The molecule has 0 aromatic carbocycles. The Bertz CT molecular complexity index is 456. The maximum Gasteiger partial charge on any atom is 0.338 e. The molecule has 0 saturated heterocycles. The Balaban J connectivity index is 2.69. The molecule has 0 saturated carbocycles. The molecule has 1 unspecified atom stereocenters. The number of carbonyl (C=O) groups is 2. The van der Waals surface area contributed by atoms with E-state index in [-0.39, 0.29) is 23.8 Å². The molecule has 20 heavy (non-hydrogen) atoms. The molecule has 0 fully saturated rings. The summed E-state index contributed by atoms with van der Waals surface area (Å²) < 4.78 is 0. The van der Waals surface area contributed by atoms with Gasteiger partial charge in [-0.25, -0.2) is 4.79 Å². The summed E-state index contributed by atoms with van der Waals surface area (Å²) in [6.45, 7) is 2.51. The quantitative estimate of drug-likeness (QED) is 0.666. The predicted molar refractivity (Wildman–Crippen MR) is 73.6 cm³/mol. The number of aliphatic hydroxyl groups excluding tert-OH is 1. The second kappa shape index (κ2) is 8.27. The number of aromatic carboxylic acids is 1. The number of rotatable bonds is 8. The Morgan fingerprint density at radius 3 is 2.75 bits per heavy atom. The molecule has 1 aromatic rings. The molecule has 1 rings (SSSR count). The summed E-state index contributed by atoms with van der Waals surface area (Å²) in [4.78, 5) is 26.8. The van der Waals surface area contributed by atoms with Gasteiger partial charge in [-0.2, -0.15) is 0 Å². The number of hydrogen-bond acceptors (Lipinski definition) is 4. The van der Waals surface area contributed by atoms with Crippen LogP contribution in [0, 0.1) is 5.92 Å². The smallest absolute Gasteiger partial charge is 0.338 e. The zero-order chi connectivity index (χ0) is 15.0. The number of aliphatic hydroxyl groups is 1. The van der Waals surface area contributed by atoms with Crippen LogP contribution >= 0.6 is 0 Å². The average Bonchev–Trinajstić information content (AvgIpc) is 2.45. The highest BCUT2D eigenvalue weighted by Gasteiger charge is 2.18. The van der Waals surface area contributed by atoms with E-state index in [1.807, 2.05) is 6.92 Å². The van der Waals surface area contributed by atoms with Gasteiger partial charge in [0.15, 0.2) is 0 Å². The van der Waals surface area contributed by atoms with Crippen LogP contribution in [0.5, 0.6) is 0 Å². The first-order valence-corrected chi connectivity index (χ1v) is 6.67. The van der Waals surface area contributed by atoms with E-state index >= 15 is 0 Å². The molecule has 1 atom stereocenters. The number of carboxylic acid groups (broad SMARTS) is 1. The molecule has 0 bridgehead atoms. The lowest BCUT2D eigenvalue weighted by molar-refractivity contribution is 0.0689. The minimum atomic E-state index is -1.18. The van der Waals surface area contributed by atoms with Gasteiger partial charge in [0.25, 0.3) is 5.91 Å². The Morgan fingerprint density at radius 2 is 2.15 bits per heavy atom. The summed E-state index contributed by atoms with van der Waals surface area (Å²) in [7, 11) is 0. The van der Waals surface area contributed by atoms with Crippen LogP contribution in [0.1, 0.15) is 47.0 Å². The van der Waals surface area contributed by atoms with Crippen molar-refractivity contribution in [1.29, 1.82) is 0 Å². The summed E-state index contributed by atoms with van der Waals surface area (Å²) in [5.74, 6) is -1.49. The van der Waals surface area contributed by atoms with Crippen molar-refractivity contribution in [2.45, 2.75) is 26.2 Å². The molecular weight excluding hydrogens is 260 g/mol. The molecular formula is C14H20N2O4. The minimum absolute atomic E-state index is 0.0739. The van der Waals surface area contributed by atoms with Gasteiger partial charge in [-0.05, 0) is 30.9 Å². The Hall–Kier alpha value is -1.95. The van der Waals surface area contributed by atoms with Gasteiger partial charge in [0.05, 0.1) is 5.56 Å². The summed E-state index contributed by atoms with van der Waals surface area (Å²) in [5.41, 5.74) is -0.196. The summed E-state index contributed by atoms with van der Waals surface area (Å²) in [6.07, 6.45) is 3.86. The lowest BCUT2D eigenvalue weighted by Crippen LogP contribution is -2.31. The van der Waals surface area contributed by atoms with Gasteiger partial charge < -0.3 is 15.5 Å². The molecule has 0 aliphatic carbocycles. The number of hydrogen-bond donors (Lipinski definition) is 3. The normalized spacial score (nSPS) is 11.9. The third-order valence-corrected chi connectivity index (χ3v) is 3.04. The number of pyridine rings is 1. The van der Waals surface area contributed by atoms with Gasteiger partial charge in [0.1, 0.15) is 5.69 Å². The number of nitrogens with zero attached hydrogens (tertiary/aromatic N) is 1. The molecule has 0 spiro atoms. The molecule has 1 amide bonds. The fourth-order valence-corrected chi connectivity index (χ4v) is 2.02. The topological polar surface area (TPSA) is 99.5 Å². The summed E-state index contributed by atoms with van der Waals surface area (Å²) in [6, 6.07) is 2.83. The van der Waals surface area contributed by atoms with E-state index < -0.39 is 11.9 Å².